The van der Waals surface area contributed by atoms with E-state index in [0.717, 1.165) is 16.5 Å². The zero-order valence-electron chi connectivity index (χ0n) is 16.3. The predicted molar refractivity (Wildman–Crippen MR) is 111 cm³/mol. The third-order valence-electron chi connectivity index (χ3n) is 4.53. The Bertz CT molecular complexity index is 1110. The summed E-state index contributed by atoms with van der Waals surface area (Å²) < 4.78 is 11.5. The molecule has 0 fully saturated rings. The highest BCUT2D eigenvalue weighted by Gasteiger charge is 2.19. The fraction of sp³-hybridized carbons (Fsp3) is 0.174. The maximum absolute atomic E-state index is 12.8. The van der Waals surface area contributed by atoms with Crippen molar-refractivity contribution in [2.24, 2.45) is 0 Å². The van der Waals surface area contributed by atoms with Gasteiger partial charge in [-0.25, -0.2) is 0 Å². The summed E-state index contributed by atoms with van der Waals surface area (Å²) in [5.74, 6) is 1.31. The summed E-state index contributed by atoms with van der Waals surface area (Å²) in [4.78, 5) is 14.4. The van der Waals surface area contributed by atoms with Gasteiger partial charge in [-0.05, 0) is 44.2 Å². The first kappa shape index (κ1) is 18.7. The normalized spacial score (nSPS) is 11.6. The minimum atomic E-state index is -0.153. The van der Waals surface area contributed by atoms with Crippen LogP contribution in [-0.4, -0.2) is 27.0 Å². The molecule has 0 atom stereocenters. The maximum Gasteiger partial charge on any atom is 0.247 e. The van der Waals surface area contributed by atoms with Crippen LogP contribution in [0.4, 0.5) is 0 Å². The lowest BCUT2D eigenvalue weighted by Crippen LogP contribution is -2.35. The Hall–Kier alpha value is -3.67. The molecule has 0 aliphatic rings. The first-order chi connectivity index (χ1) is 14.1. The number of benzene rings is 2. The number of carbonyl (C=O) groups is 1. The highest BCUT2D eigenvalue weighted by atomic mass is 16.4. The topological polar surface area (TPSA) is 72.4 Å². The number of fused-ring (bicyclic) bond motifs is 1. The van der Waals surface area contributed by atoms with E-state index in [1.807, 2.05) is 74.5 Å². The first-order valence-electron chi connectivity index (χ1n) is 9.45. The van der Waals surface area contributed by atoms with Gasteiger partial charge >= 0.3 is 0 Å². The number of aromatic nitrogens is 2. The molecule has 6 heteroatoms. The molecule has 0 spiro atoms. The second-order valence-electron chi connectivity index (χ2n) is 6.95. The lowest BCUT2D eigenvalue weighted by molar-refractivity contribution is -0.128. The van der Waals surface area contributed by atoms with Crippen molar-refractivity contribution in [2.45, 2.75) is 26.4 Å². The molecule has 2 heterocycles. The number of furan rings is 1. The Labute approximate surface area is 168 Å². The molecule has 0 N–H and O–H groups in total. The number of rotatable bonds is 6. The molecule has 146 valence electrons. The summed E-state index contributed by atoms with van der Waals surface area (Å²) in [7, 11) is 0. The van der Waals surface area contributed by atoms with Gasteiger partial charge in [0.15, 0.2) is 0 Å². The van der Waals surface area contributed by atoms with Gasteiger partial charge in [0.25, 0.3) is 0 Å². The summed E-state index contributed by atoms with van der Waals surface area (Å²) in [5.41, 5.74) is 1.64. The Morgan fingerprint density at radius 3 is 2.55 bits per heavy atom. The van der Waals surface area contributed by atoms with Crippen molar-refractivity contribution in [1.82, 2.24) is 15.1 Å². The fourth-order valence-corrected chi connectivity index (χ4v) is 3.01. The number of carbonyl (C=O) groups excluding carboxylic acids is 1. The van der Waals surface area contributed by atoms with Gasteiger partial charge in [0.05, 0.1) is 6.54 Å². The van der Waals surface area contributed by atoms with E-state index in [9.17, 15) is 4.79 Å². The Kier molecular flexibility index (Phi) is 5.24. The third-order valence-corrected chi connectivity index (χ3v) is 4.53. The van der Waals surface area contributed by atoms with Crippen molar-refractivity contribution < 1.29 is 13.6 Å². The quantitative estimate of drug-likeness (QED) is 0.439. The van der Waals surface area contributed by atoms with Crippen LogP contribution in [0, 0.1) is 0 Å². The van der Waals surface area contributed by atoms with Crippen LogP contribution in [0.3, 0.4) is 0 Å². The average Bonchev–Trinajstić information content (AvgIpc) is 3.37. The first-order valence-corrected chi connectivity index (χ1v) is 9.45. The molecule has 4 aromatic rings. The minimum absolute atomic E-state index is 0.0325. The Morgan fingerprint density at radius 1 is 1.03 bits per heavy atom. The highest BCUT2D eigenvalue weighted by Crippen LogP contribution is 2.21. The molecule has 0 aliphatic carbocycles. The molecule has 2 aromatic heterocycles. The Balaban J connectivity index is 1.48. The molecule has 29 heavy (non-hydrogen) atoms. The van der Waals surface area contributed by atoms with Crippen LogP contribution in [0.2, 0.25) is 0 Å². The number of para-hydroxylation sites is 1. The summed E-state index contributed by atoms with van der Waals surface area (Å²) in [6, 6.07) is 19.2. The molecule has 0 saturated carbocycles. The number of amides is 1. The van der Waals surface area contributed by atoms with Crippen LogP contribution in [0.5, 0.6) is 0 Å². The van der Waals surface area contributed by atoms with Gasteiger partial charge in [-0.2, -0.15) is 0 Å². The van der Waals surface area contributed by atoms with Crippen molar-refractivity contribution in [1.29, 1.82) is 0 Å². The van der Waals surface area contributed by atoms with Crippen molar-refractivity contribution in [3.8, 4) is 11.5 Å². The van der Waals surface area contributed by atoms with Gasteiger partial charge in [-0.1, -0.05) is 36.4 Å². The summed E-state index contributed by atoms with van der Waals surface area (Å²) in [6.07, 6.45) is 3.19. The molecule has 0 saturated heterocycles. The summed E-state index contributed by atoms with van der Waals surface area (Å²) >= 11 is 0. The van der Waals surface area contributed by atoms with Crippen LogP contribution in [0.15, 0.2) is 75.6 Å². The number of hydrogen-bond donors (Lipinski definition) is 0. The van der Waals surface area contributed by atoms with E-state index < -0.39 is 0 Å². The van der Waals surface area contributed by atoms with Crippen LogP contribution >= 0.6 is 0 Å². The second-order valence-corrected chi connectivity index (χ2v) is 6.95. The molecule has 1 amide bonds. The van der Waals surface area contributed by atoms with Crippen LogP contribution in [0.1, 0.15) is 25.5 Å². The van der Waals surface area contributed by atoms with E-state index >= 15 is 0 Å². The van der Waals surface area contributed by atoms with Crippen molar-refractivity contribution in [2.75, 3.05) is 0 Å². The van der Waals surface area contributed by atoms with Gasteiger partial charge in [0, 0.05) is 23.1 Å². The maximum atomic E-state index is 12.8. The molecule has 4 rings (SSSR count). The van der Waals surface area contributed by atoms with Gasteiger partial charge in [0.1, 0.15) is 11.3 Å². The van der Waals surface area contributed by atoms with Crippen LogP contribution < -0.4 is 0 Å². The largest absolute Gasteiger partial charge is 0.457 e. The highest BCUT2D eigenvalue weighted by molar-refractivity contribution is 5.92. The Morgan fingerprint density at radius 2 is 1.79 bits per heavy atom. The fourth-order valence-electron chi connectivity index (χ4n) is 3.01. The zero-order valence-corrected chi connectivity index (χ0v) is 16.3. The standard InChI is InChI=1S/C23H21N3O3/c1-16(2)26(15-21-24-25-23(29-21)17-8-4-3-5-9-17)22(27)13-12-19-14-18-10-6-7-11-20(18)28-19/h3-14,16H,15H2,1-2H3/b13-12+. The van der Waals surface area contributed by atoms with Gasteiger partial charge in [0.2, 0.25) is 17.7 Å². The van der Waals surface area contributed by atoms with Crippen molar-refractivity contribution >= 4 is 23.0 Å². The predicted octanol–water partition coefficient (Wildman–Crippen LogP) is 4.93. The monoisotopic (exact) mass is 387 g/mol. The van der Waals surface area contributed by atoms with E-state index in [0.29, 0.717) is 17.5 Å². The van der Waals surface area contributed by atoms with E-state index in [4.69, 9.17) is 8.83 Å². The van der Waals surface area contributed by atoms with Gasteiger partial charge < -0.3 is 13.7 Å². The zero-order chi connectivity index (χ0) is 20.2. The molecule has 0 aliphatic heterocycles. The third kappa shape index (κ3) is 4.27. The minimum Gasteiger partial charge on any atom is -0.457 e. The molecular formula is C23H21N3O3. The average molecular weight is 387 g/mol. The smallest absolute Gasteiger partial charge is 0.247 e. The molecule has 6 nitrogen and oxygen atoms in total. The van der Waals surface area contributed by atoms with Crippen molar-refractivity contribution in [3.63, 3.8) is 0 Å². The van der Waals surface area contributed by atoms with Crippen LogP contribution in [-0.2, 0) is 11.3 Å². The van der Waals surface area contributed by atoms with Crippen LogP contribution in [0.25, 0.3) is 28.5 Å². The van der Waals surface area contributed by atoms with E-state index in [1.54, 1.807) is 11.0 Å². The molecule has 0 unspecified atom stereocenters. The number of hydrogen-bond acceptors (Lipinski definition) is 5. The molecule has 0 bridgehead atoms. The van der Waals surface area contributed by atoms with Gasteiger partial charge in [-0.15, -0.1) is 10.2 Å². The summed E-state index contributed by atoms with van der Waals surface area (Å²) in [6.45, 7) is 4.13. The molecular weight excluding hydrogens is 366 g/mol. The molecule has 2 aromatic carbocycles. The summed E-state index contributed by atoms with van der Waals surface area (Å²) in [5, 5.41) is 9.18. The lowest BCUT2D eigenvalue weighted by Gasteiger charge is -2.23. The number of nitrogens with zero attached hydrogens (tertiary/aromatic N) is 3. The molecule has 0 radical (unpaired) electrons. The van der Waals surface area contributed by atoms with Gasteiger partial charge in [-0.3, -0.25) is 4.79 Å². The lowest BCUT2D eigenvalue weighted by atomic mass is 10.2. The second kappa shape index (κ2) is 8.14. The van der Waals surface area contributed by atoms with Crippen molar-refractivity contribution in [3.05, 3.63) is 78.4 Å². The van der Waals surface area contributed by atoms with E-state index in [2.05, 4.69) is 10.2 Å². The SMILES string of the molecule is CC(C)N(Cc1nnc(-c2ccccc2)o1)C(=O)/C=C/c1cc2ccccc2o1. The van der Waals surface area contributed by atoms with E-state index in [-0.39, 0.29) is 18.5 Å². The van der Waals surface area contributed by atoms with E-state index in [1.165, 1.54) is 6.08 Å².